The van der Waals surface area contributed by atoms with Crippen LogP contribution >= 0.6 is 23.2 Å². The topological polar surface area (TPSA) is 65.4 Å². The minimum absolute atomic E-state index is 0.0304. The Hall–Kier alpha value is -3.22. The number of aryl methyl sites for hydroxylation is 4. The molecule has 0 saturated heterocycles. The highest BCUT2D eigenvalue weighted by atomic mass is 35.5. The molecule has 0 fully saturated rings. The molecule has 0 spiro atoms. The molecule has 1 N–H and O–H groups in total. The first-order valence-electron chi connectivity index (χ1n) is 12.9. The van der Waals surface area contributed by atoms with Crippen molar-refractivity contribution in [3.8, 4) is 11.5 Å². The number of fused-ring (bicyclic) bond motifs is 1. The molecule has 0 aliphatic heterocycles. The fourth-order valence-electron chi connectivity index (χ4n) is 4.32. The van der Waals surface area contributed by atoms with Crippen LogP contribution in [0.1, 0.15) is 36.2 Å². The fourth-order valence-corrected chi connectivity index (χ4v) is 4.56. The van der Waals surface area contributed by atoms with Gasteiger partial charge in [-0.1, -0.05) is 35.3 Å². The third-order valence-corrected chi connectivity index (χ3v) is 7.12. The molecule has 4 aromatic rings. The molecule has 8 heteroatoms. The Kier molecular flexibility index (Phi) is 9.91. The number of carbonyl (C=O) groups excluding carboxylic acids is 1. The maximum atomic E-state index is 12.2. The van der Waals surface area contributed by atoms with E-state index in [4.69, 9.17) is 37.7 Å². The monoisotopic (exact) mass is 553 g/mol. The van der Waals surface area contributed by atoms with Crippen LogP contribution in [-0.4, -0.2) is 35.2 Å². The summed E-state index contributed by atoms with van der Waals surface area (Å²) in [4.78, 5) is 17.0. The zero-order valence-electron chi connectivity index (χ0n) is 21.8. The van der Waals surface area contributed by atoms with E-state index in [0.29, 0.717) is 23.9 Å². The van der Waals surface area contributed by atoms with E-state index in [-0.39, 0.29) is 12.5 Å². The lowest BCUT2D eigenvalue weighted by molar-refractivity contribution is -0.123. The molecule has 0 unspecified atom stereocenters. The number of aromatic nitrogens is 2. The van der Waals surface area contributed by atoms with Crippen LogP contribution in [0.15, 0.2) is 60.7 Å². The van der Waals surface area contributed by atoms with E-state index < -0.39 is 0 Å². The summed E-state index contributed by atoms with van der Waals surface area (Å²) in [5.74, 6) is 2.35. The Balaban J connectivity index is 1.23. The number of hydrogen-bond donors (Lipinski definition) is 1. The number of hydrogen-bond acceptors (Lipinski definition) is 4. The summed E-state index contributed by atoms with van der Waals surface area (Å²) in [6.45, 7) is 6.02. The first kappa shape index (κ1) is 27.8. The van der Waals surface area contributed by atoms with Crippen LogP contribution in [0.3, 0.4) is 0 Å². The molecule has 38 heavy (non-hydrogen) atoms. The number of rotatable bonds is 13. The molecule has 1 aromatic heterocycles. The molecular weight excluding hydrogens is 521 g/mol. The number of ether oxygens (including phenoxy) is 2. The normalized spacial score (nSPS) is 11.1. The Morgan fingerprint density at radius 1 is 0.921 bits per heavy atom. The van der Waals surface area contributed by atoms with Crippen LogP contribution in [0.4, 0.5) is 0 Å². The summed E-state index contributed by atoms with van der Waals surface area (Å²) in [6.07, 6.45) is 3.45. The summed E-state index contributed by atoms with van der Waals surface area (Å²) < 4.78 is 13.8. The van der Waals surface area contributed by atoms with E-state index in [0.717, 1.165) is 71.0 Å². The Morgan fingerprint density at radius 3 is 2.42 bits per heavy atom. The number of carbonyl (C=O) groups is 1. The van der Waals surface area contributed by atoms with Crippen molar-refractivity contribution in [2.75, 3.05) is 19.8 Å². The first-order valence-corrected chi connectivity index (χ1v) is 13.6. The van der Waals surface area contributed by atoms with E-state index in [9.17, 15) is 4.79 Å². The molecule has 200 valence electrons. The number of amides is 1. The number of nitrogens with zero attached hydrogens (tertiary/aromatic N) is 2. The lowest BCUT2D eigenvalue weighted by Crippen LogP contribution is -2.30. The van der Waals surface area contributed by atoms with Gasteiger partial charge in [0.1, 0.15) is 17.3 Å². The van der Waals surface area contributed by atoms with Gasteiger partial charge in [0.05, 0.1) is 17.6 Å². The van der Waals surface area contributed by atoms with Crippen molar-refractivity contribution in [1.29, 1.82) is 0 Å². The van der Waals surface area contributed by atoms with Crippen LogP contribution in [-0.2, 0) is 17.8 Å². The van der Waals surface area contributed by atoms with E-state index in [2.05, 4.69) is 16.0 Å². The van der Waals surface area contributed by atoms with Crippen LogP contribution in [0.2, 0.25) is 10.0 Å². The zero-order chi connectivity index (χ0) is 26.9. The van der Waals surface area contributed by atoms with Gasteiger partial charge in [-0.3, -0.25) is 4.79 Å². The van der Waals surface area contributed by atoms with Crippen molar-refractivity contribution in [3.63, 3.8) is 0 Å². The van der Waals surface area contributed by atoms with Gasteiger partial charge in [0, 0.05) is 29.6 Å². The molecule has 6 nitrogen and oxygen atoms in total. The van der Waals surface area contributed by atoms with Crippen molar-refractivity contribution in [2.45, 2.75) is 46.1 Å². The Labute approximate surface area is 233 Å². The fraction of sp³-hybridized carbons (Fsp3) is 0.333. The predicted molar refractivity (Wildman–Crippen MR) is 154 cm³/mol. The van der Waals surface area contributed by atoms with Gasteiger partial charge in [-0.15, -0.1) is 0 Å². The van der Waals surface area contributed by atoms with E-state index in [1.165, 1.54) is 0 Å². The third-order valence-electron chi connectivity index (χ3n) is 6.27. The van der Waals surface area contributed by atoms with Gasteiger partial charge < -0.3 is 19.4 Å². The van der Waals surface area contributed by atoms with Crippen molar-refractivity contribution in [1.82, 2.24) is 14.9 Å². The van der Waals surface area contributed by atoms with Gasteiger partial charge in [0.15, 0.2) is 6.61 Å². The summed E-state index contributed by atoms with van der Waals surface area (Å²) in [5, 5.41) is 4.35. The van der Waals surface area contributed by atoms with Crippen molar-refractivity contribution < 1.29 is 14.3 Å². The van der Waals surface area contributed by atoms with E-state index in [1.54, 1.807) is 24.3 Å². The van der Waals surface area contributed by atoms with Gasteiger partial charge in [0.25, 0.3) is 5.91 Å². The Bertz CT molecular complexity index is 1350. The number of unbranched alkanes of at least 4 members (excludes halogenated alkanes) is 1. The lowest BCUT2D eigenvalue weighted by atomic mass is 10.1. The maximum Gasteiger partial charge on any atom is 0.257 e. The SMILES string of the molecule is Cc1cc(OCCCCn2c(CCCNC(=O)COc3ccc(Cl)cc3)nc3ccccc32)cc(C)c1Cl. The molecule has 0 radical (unpaired) electrons. The average molecular weight is 555 g/mol. The van der Waals surface area contributed by atoms with Gasteiger partial charge in [-0.05, 0) is 92.8 Å². The predicted octanol–water partition coefficient (Wildman–Crippen LogP) is 6.95. The van der Waals surface area contributed by atoms with E-state index >= 15 is 0 Å². The highest BCUT2D eigenvalue weighted by Crippen LogP contribution is 2.26. The quantitative estimate of drug-likeness (QED) is 0.182. The molecule has 3 aromatic carbocycles. The minimum Gasteiger partial charge on any atom is -0.494 e. The lowest BCUT2D eigenvalue weighted by Gasteiger charge is -2.12. The van der Waals surface area contributed by atoms with Crippen molar-refractivity contribution in [2.24, 2.45) is 0 Å². The second kappa shape index (κ2) is 13.5. The van der Waals surface area contributed by atoms with Gasteiger partial charge >= 0.3 is 0 Å². The Morgan fingerprint density at radius 2 is 1.66 bits per heavy atom. The summed E-state index contributed by atoms with van der Waals surface area (Å²) in [5.41, 5.74) is 4.18. The van der Waals surface area contributed by atoms with Crippen LogP contribution in [0.25, 0.3) is 11.0 Å². The summed E-state index contributed by atoms with van der Waals surface area (Å²) in [7, 11) is 0. The minimum atomic E-state index is -0.153. The van der Waals surface area contributed by atoms with Crippen molar-refractivity contribution in [3.05, 3.63) is 87.7 Å². The van der Waals surface area contributed by atoms with Gasteiger partial charge in [-0.2, -0.15) is 0 Å². The summed E-state index contributed by atoms with van der Waals surface area (Å²) >= 11 is 12.1. The molecule has 0 aliphatic rings. The zero-order valence-corrected chi connectivity index (χ0v) is 23.3. The molecule has 4 rings (SSSR count). The van der Waals surface area contributed by atoms with Crippen LogP contribution in [0.5, 0.6) is 11.5 Å². The first-order chi connectivity index (χ1) is 18.4. The summed E-state index contributed by atoms with van der Waals surface area (Å²) in [6, 6.07) is 19.1. The molecule has 0 bridgehead atoms. The van der Waals surface area contributed by atoms with Crippen LogP contribution in [0, 0.1) is 13.8 Å². The second-order valence-electron chi connectivity index (χ2n) is 9.29. The third kappa shape index (κ3) is 7.65. The molecule has 0 aliphatic carbocycles. The molecule has 1 heterocycles. The number of benzene rings is 3. The standard InChI is InChI=1S/C30H33Cl2N3O3/c1-21-18-25(19-22(2)30(21)32)37-17-6-5-16-35-27-9-4-3-8-26(27)34-28(35)10-7-15-33-29(36)20-38-24-13-11-23(31)12-14-24/h3-4,8-9,11-14,18-19H,5-7,10,15-17,20H2,1-2H3,(H,33,36). The highest BCUT2D eigenvalue weighted by Gasteiger charge is 2.11. The van der Waals surface area contributed by atoms with Gasteiger partial charge in [-0.25, -0.2) is 4.98 Å². The number of halogens is 2. The van der Waals surface area contributed by atoms with E-state index in [1.807, 2.05) is 44.2 Å². The van der Waals surface area contributed by atoms with Gasteiger partial charge in [0.2, 0.25) is 0 Å². The van der Waals surface area contributed by atoms with Crippen molar-refractivity contribution >= 4 is 40.1 Å². The number of para-hydroxylation sites is 2. The molecule has 1 amide bonds. The second-order valence-corrected chi connectivity index (χ2v) is 10.1. The molecular formula is C30H33Cl2N3O3. The molecule has 0 saturated carbocycles. The number of imidazole rings is 1. The van der Waals surface area contributed by atoms with Crippen LogP contribution < -0.4 is 14.8 Å². The maximum absolute atomic E-state index is 12.2. The molecule has 0 atom stereocenters. The highest BCUT2D eigenvalue weighted by molar-refractivity contribution is 6.32. The average Bonchev–Trinajstić information content (AvgIpc) is 3.26. The number of nitrogens with one attached hydrogen (secondary N) is 1. The smallest absolute Gasteiger partial charge is 0.257 e. The largest absolute Gasteiger partial charge is 0.494 e.